The van der Waals surface area contributed by atoms with E-state index >= 15 is 0 Å². The van der Waals surface area contributed by atoms with Crippen LogP contribution in [0.2, 0.25) is 0 Å². The molecule has 0 bridgehead atoms. The van der Waals surface area contributed by atoms with Crippen molar-refractivity contribution in [2.75, 3.05) is 19.6 Å². The molecule has 1 aromatic carbocycles. The lowest BCUT2D eigenvalue weighted by Crippen LogP contribution is -2.45. The van der Waals surface area contributed by atoms with Crippen LogP contribution in [0.3, 0.4) is 0 Å². The molecule has 0 spiro atoms. The van der Waals surface area contributed by atoms with Crippen molar-refractivity contribution in [2.45, 2.75) is 24.9 Å². The molecule has 18 heavy (non-hydrogen) atoms. The number of hydrogen-bond donors (Lipinski definition) is 1. The van der Waals surface area contributed by atoms with Gasteiger partial charge in [-0.05, 0) is 30.5 Å². The second-order valence-corrected chi connectivity index (χ2v) is 5.12. The topological polar surface area (TPSA) is 23.5 Å². The van der Waals surface area contributed by atoms with Crippen molar-refractivity contribution < 1.29 is 9.50 Å². The van der Waals surface area contributed by atoms with Gasteiger partial charge in [-0.15, -0.1) is 6.58 Å². The molecule has 0 unspecified atom stereocenters. The van der Waals surface area contributed by atoms with E-state index in [0.29, 0.717) is 6.42 Å². The van der Waals surface area contributed by atoms with E-state index in [9.17, 15) is 9.50 Å². The molecular weight excluding hydrogens is 229 g/mol. The van der Waals surface area contributed by atoms with Crippen LogP contribution in [0.5, 0.6) is 0 Å². The minimum absolute atomic E-state index is 0.230. The van der Waals surface area contributed by atoms with Crippen molar-refractivity contribution in [3.8, 4) is 0 Å². The number of nitrogens with zero attached hydrogens (tertiary/aromatic N) is 1. The number of rotatable bonds is 4. The molecule has 1 fully saturated rings. The molecule has 0 saturated carbocycles. The smallest absolute Gasteiger partial charge is 0.123 e. The van der Waals surface area contributed by atoms with Crippen LogP contribution >= 0.6 is 0 Å². The third kappa shape index (κ3) is 3.40. The zero-order chi connectivity index (χ0) is 13.0. The fraction of sp³-hybridized carbons (Fsp3) is 0.467. The highest BCUT2D eigenvalue weighted by molar-refractivity contribution is 5.18. The minimum Gasteiger partial charge on any atom is -0.389 e. The van der Waals surface area contributed by atoms with E-state index in [4.69, 9.17) is 0 Å². The standard InChI is InChI=1S/C15H20FNO/c1-2-9-17-10-7-15(18,8-11-17)12-13-3-5-14(16)6-4-13/h2-6,18H,1,7-12H2. The Balaban J connectivity index is 1.93. The Bertz CT molecular complexity index is 393. The summed E-state index contributed by atoms with van der Waals surface area (Å²) in [6.45, 7) is 6.39. The van der Waals surface area contributed by atoms with Crippen LogP contribution in [-0.4, -0.2) is 35.2 Å². The lowest BCUT2D eigenvalue weighted by atomic mass is 9.85. The van der Waals surface area contributed by atoms with Gasteiger partial charge in [0.1, 0.15) is 5.82 Å². The van der Waals surface area contributed by atoms with Crippen molar-refractivity contribution >= 4 is 0 Å². The van der Waals surface area contributed by atoms with Crippen LogP contribution in [0.15, 0.2) is 36.9 Å². The summed E-state index contributed by atoms with van der Waals surface area (Å²) in [6.07, 6.45) is 4.02. The van der Waals surface area contributed by atoms with Gasteiger partial charge in [-0.3, -0.25) is 4.90 Å². The van der Waals surface area contributed by atoms with Crippen LogP contribution in [-0.2, 0) is 6.42 Å². The Labute approximate surface area is 108 Å². The number of piperidine rings is 1. The molecule has 1 N–H and O–H groups in total. The summed E-state index contributed by atoms with van der Waals surface area (Å²) in [5.41, 5.74) is 0.353. The first-order chi connectivity index (χ1) is 8.61. The highest BCUT2D eigenvalue weighted by Crippen LogP contribution is 2.26. The normalized spacial score (nSPS) is 19.7. The number of likely N-dealkylation sites (tertiary alicyclic amines) is 1. The second-order valence-electron chi connectivity index (χ2n) is 5.12. The van der Waals surface area contributed by atoms with Crippen LogP contribution in [0.1, 0.15) is 18.4 Å². The molecule has 1 heterocycles. The molecule has 1 saturated heterocycles. The third-order valence-corrected chi connectivity index (χ3v) is 3.62. The quantitative estimate of drug-likeness (QED) is 0.828. The van der Waals surface area contributed by atoms with Gasteiger partial charge in [0, 0.05) is 26.1 Å². The maximum Gasteiger partial charge on any atom is 0.123 e. The van der Waals surface area contributed by atoms with Crippen molar-refractivity contribution in [1.82, 2.24) is 4.90 Å². The largest absolute Gasteiger partial charge is 0.389 e. The van der Waals surface area contributed by atoms with E-state index in [0.717, 1.165) is 38.0 Å². The molecule has 0 radical (unpaired) electrons. The Hall–Kier alpha value is -1.19. The summed E-state index contributed by atoms with van der Waals surface area (Å²) >= 11 is 0. The average molecular weight is 249 g/mol. The highest BCUT2D eigenvalue weighted by atomic mass is 19.1. The lowest BCUT2D eigenvalue weighted by Gasteiger charge is -2.38. The number of aliphatic hydroxyl groups is 1. The maximum atomic E-state index is 12.8. The SMILES string of the molecule is C=CCN1CCC(O)(Cc2ccc(F)cc2)CC1. The first kappa shape index (κ1) is 13.2. The van der Waals surface area contributed by atoms with E-state index in [-0.39, 0.29) is 5.82 Å². The fourth-order valence-electron chi connectivity index (χ4n) is 2.49. The maximum absolute atomic E-state index is 12.8. The number of hydrogen-bond acceptors (Lipinski definition) is 2. The van der Waals surface area contributed by atoms with Gasteiger partial charge in [0.2, 0.25) is 0 Å². The molecule has 0 atom stereocenters. The Morgan fingerprint density at radius 1 is 1.28 bits per heavy atom. The monoisotopic (exact) mass is 249 g/mol. The first-order valence-corrected chi connectivity index (χ1v) is 6.41. The Kier molecular flexibility index (Phi) is 4.15. The van der Waals surface area contributed by atoms with E-state index in [1.807, 2.05) is 6.08 Å². The van der Waals surface area contributed by atoms with E-state index in [2.05, 4.69) is 11.5 Å². The molecule has 1 aromatic rings. The minimum atomic E-state index is -0.643. The van der Waals surface area contributed by atoms with Crippen molar-refractivity contribution in [3.63, 3.8) is 0 Å². The Morgan fingerprint density at radius 2 is 1.89 bits per heavy atom. The third-order valence-electron chi connectivity index (χ3n) is 3.62. The zero-order valence-electron chi connectivity index (χ0n) is 10.6. The summed E-state index contributed by atoms with van der Waals surface area (Å²) in [6, 6.07) is 6.41. The van der Waals surface area contributed by atoms with Gasteiger partial charge in [-0.1, -0.05) is 18.2 Å². The predicted molar refractivity (Wildman–Crippen MR) is 70.9 cm³/mol. The molecule has 98 valence electrons. The van der Waals surface area contributed by atoms with Gasteiger partial charge in [-0.25, -0.2) is 4.39 Å². The van der Waals surface area contributed by atoms with E-state index < -0.39 is 5.60 Å². The van der Waals surface area contributed by atoms with Gasteiger partial charge in [0.05, 0.1) is 5.60 Å². The van der Waals surface area contributed by atoms with E-state index in [1.54, 1.807) is 12.1 Å². The van der Waals surface area contributed by atoms with Crippen LogP contribution < -0.4 is 0 Å². The summed E-state index contributed by atoms with van der Waals surface area (Å²) in [7, 11) is 0. The number of benzene rings is 1. The average Bonchev–Trinajstić information content (AvgIpc) is 2.36. The van der Waals surface area contributed by atoms with Gasteiger partial charge < -0.3 is 5.11 Å². The molecule has 2 nitrogen and oxygen atoms in total. The fourth-order valence-corrected chi connectivity index (χ4v) is 2.49. The first-order valence-electron chi connectivity index (χ1n) is 6.41. The zero-order valence-corrected chi connectivity index (χ0v) is 10.6. The summed E-state index contributed by atoms with van der Waals surface area (Å²) in [5, 5.41) is 10.5. The van der Waals surface area contributed by atoms with Crippen molar-refractivity contribution in [2.24, 2.45) is 0 Å². The summed E-state index contributed by atoms with van der Waals surface area (Å²) in [4.78, 5) is 2.28. The molecule has 0 aliphatic carbocycles. The molecule has 2 rings (SSSR count). The van der Waals surface area contributed by atoms with Crippen molar-refractivity contribution in [1.29, 1.82) is 0 Å². The summed E-state index contributed by atoms with van der Waals surface area (Å²) < 4.78 is 12.8. The molecular formula is C15H20FNO. The summed E-state index contributed by atoms with van der Waals surface area (Å²) in [5.74, 6) is -0.230. The highest BCUT2D eigenvalue weighted by Gasteiger charge is 2.31. The van der Waals surface area contributed by atoms with Crippen molar-refractivity contribution in [3.05, 3.63) is 48.3 Å². The molecule has 0 amide bonds. The molecule has 1 aliphatic rings. The van der Waals surface area contributed by atoms with Crippen LogP contribution in [0.4, 0.5) is 4.39 Å². The van der Waals surface area contributed by atoms with Gasteiger partial charge >= 0.3 is 0 Å². The van der Waals surface area contributed by atoms with Gasteiger partial charge in [-0.2, -0.15) is 0 Å². The molecule has 3 heteroatoms. The lowest BCUT2D eigenvalue weighted by molar-refractivity contribution is -0.0181. The van der Waals surface area contributed by atoms with Gasteiger partial charge in [0.25, 0.3) is 0 Å². The molecule has 1 aliphatic heterocycles. The molecule has 0 aromatic heterocycles. The van der Waals surface area contributed by atoms with Crippen LogP contribution in [0, 0.1) is 5.82 Å². The number of halogens is 1. The van der Waals surface area contributed by atoms with Crippen LogP contribution in [0.25, 0.3) is 0 Å². The Morgan fingerprint density at radius 3 is 2.44 bits per heavy atom. The van der Waals surface area contributed by atoms with Gasteiger partial charge in [0.15, 0.2) is 0 Å². The predicted octanol–water partition coefficient (Wildman–Crippen LogP) is 2.38. The van der Waals surface area contributed by atoms with E-state index in [1.165, 1.54) is 12.1 Å². The second kappa shape index (κ2) is 5.63.